The van der Waals surface area contributed by atoms with E-state index in [0.29, 0.717) is 18.4 Å². The standard InChI is InChI=1S/C19H28N4O2S/c1-14(18-21-11-15(2)26-18)10-22-19(23-12-16-6-9-24-13-16)20-7-5-17-4-3-8-25-17/h3-4,8,11,14,16H,5-7,9-10,12-13H2,1-2H3,(H2,20,22,23). The third kappa shape index (κ3) is 5.85. The number of guanidine groups is 1. The molecule has 1 saturated heterocycles. The number of furan rings is 1. The molecule has 7 heteroatoms. The van der Waals surface area contributed by atoms with Gasteiger partial charge in [0.2, 0.25) is 0 Å². The third-order valence-electron chi connectivity index (χ3n) is 4.41. The molecule has 26 heavy (non-hydrogen) atoms. The molecule has 3 rings (SSSR count). The zero-order chi connectivity index (χ0) is 18.2. The number of nitrogens with zero attached hydrogens (tertiary/aromatic N) is 2. The van der Waals surface area contributed by atoms with Gasteiger partial charge in [-0.25, -0.2) is 4.98 Å². The highest BCUT2D eigenvalue weighted by Crippen LogP contribution is 2.21. The number of aromatic nitrogens is 1. The van der Waals surface area contributed by atoms with Crippen LogP contribution in [0.3, 0.4) is 0 Å². The van der Waals surface area contributed by atoms with Gasteiger partial charge in [0.1, 0.15) is 5.76 Å². The van der Waals surface area contributed by atoms with Crippen LogP contribution >= 0.6 is 11.3 Å². The lowest BCUT2D eigenvalue weighted by molar-refractivity contribution is 0.186. The van der Waals surface area contributed by atoms with Crippen LogP contribution in [0.2, 0.25) is 0 Å². The first-order chi connectivity index (χ1) is 12.7. The van der Waals surface area contributed by atoms with Crippen LogP contribution in [0.4, 0.5) is 0 Å². The molecule has 6 nitrogen and oxygen atoms in total. The monoisotopic (exact) mass is 376 g/mol. The van der Waals surface area contributed by atoms with E-state index in [1.165, 1.54) is 4.88 Å². The molecule has 2 unspecified atom stereocenters. The highest BCUT2D eigenvalue weighted by molar-refractivity contribution is 7.11. The number of thiazole rings is 1. The van der Waals surface area contributed by atoms with E-state index in [9.17, 15) is 0 Å². The second kappa shape index (κ2) is 9.73. The van der Waals surface area contributed by atoms with Crippen molar-refractivity contribution in [3.05, 3.63) is 40.2 Å². The van der Waals surface area contributed by atoms with Crippen LogP contribution in [0.25, 0.3) is 0 Å². The number of nitrogens with one attached hydrogen (secondary N) is 2. The number of ether oxygens (including phenoxy) is 1. The zero-order valence-corrected chi connectivity index (χ0v) is 16.3. The van der Waals surface area contributed by atoms with E-state index >= 15 is 0 Å². The lowest BCUT2D eigenvalue weighted by Crippen LogP contribution is -2.41. The SMILES string of the molecule is Cc1cnc(C(C)CN=C(NCCc2ccco2)NCC2CCOC2)s1. The first-order valence-electron chi connectivity index (χ1n) is 9.25. The van der Waals surface area contributed by atoms with Gasteiger partial charge in [-0.05, 0) is 25.5 Å². The second-order valence-corrected chi connectivity index (χ2v) is 8.03. The maximum Gasteiger partial charge on any atom is 0.191 e. The molecule has 2 atom stereocenters. The molecule has 142 valence electrons. The Morgan fingerprint density at radius 3 is 3.08 bits per heavy atom. The Labute approximate surface area is 159 Å². The first kappa shape index (κ1) is 18.9. The fourth-order valence-electron chi connectivity index (χ4n) is 2.82. The van der Waals surface area contributed by atoms with E-state index in [-0.39, 0.29) is 0 Å². The van der Waals surface area contributed by atoms with Gasteiger partial charge in [-0.3, -0.25) is 4.99 Å². The number of hydrogen-bond donors (Lipinski definition) is 2. The Morgan fingerprint density at radius 2 is 2.38 bits per heavy atom. The van der Waals surface area contributed by atoms with E-state index in [1.54, 1.807) is 17.6 Å². The summed E-state index contributed by atoms with van der Waals surface area (Å²) in [4.78, 5) is 10.5. The van der Waals surface area contributed by atoms with Crippen LogP contribution in [-0.4, -0.2) is 43.8 Å². The summed E-state index contributed by atoms with van der Waals surface area (Å²) in [6.07, 6.45) is 5.59. The molecule has 0 spiro atoms. The van der Waals surface area contributed by atoms with Crippen molar-refractivity contribution in [1.82, 2.24) is 15.6 Å². The van der Waals surface area contributed by atoms with Crippen molar-refractivity contribution in [2.24, 2.45) is 10.9 Å². The number of aliphatic imine (C=N–C) groups is 1. The predicted molar refractivity (Wildman–Crippen MR) is 105 cm³/mol. The van der Waals surface area contributed by atoms with Crippen LogP contribution < -0.4 is 10.6 Å². The topological polar surface area (TPSA) is 71.7 Å². The molecule has 0 aromatic carbocycles. The largest absolute Gasteiger partial charge is 0.469 e. The van der Waals surface area contributed by atoms with Crippen LogP contribution in [0, 0.1) is 12.8 Å². The molecule has 0 radical (unpaired) electrons. The molecule has 0 bridgehead atoms. The molecule has 2 N–H and O–H groups in total. The van der Waals surface area contributed by atoms with Gasteiger partial charge in [0.15, 0.2) is 5.96 Å². The third-order valence-corrected chi connectivity index (χ3v) is 5.55. The van der Waals surface area contributed by atoms with E-state index in [2.05, 4.69) is 29.5 Å². The summed E-state index contributed by atoms with van der Waals surface area (Å²) in [5.74, 6) is 2.70. The average Bonchev–Trinajstić information content (AvgIpc) is 3.39. The van der Waals surface area contributed by atoms with E-state index < -0.39 is 0 Å². The van der Waals surface area contributed by atoms with Crippen molar-refractivity contribution in [2.45, 2.75) is 32.6 Å². The van der Waals surface area contributed by atoms with Crippen molar-refractivity contribution in [3.63, 3.8) is 0 Å². The van der Waals surface area contributed by atoms with Crippen molar-refractivity contribution >= 4 is 17.3 Å². The maximum absolute atomic E-state index is 5.46. The fraction of sp³-hybridized carbons (Fsp3) is 0.579. The van der Waals surface area contributed by atoms with Crippen LogP contribution in [0.1, 0.15) is 34.9 Å². The van der Waals surface area contributed by atoms with Gasteiger partial charge < -0.3 is 19.8 Å². The number of aryl methyl sites for hydroxylation is 1. The molecule has 1 aliphatic heterocycles. The zero-order valence-electron chi connectivity index (χ0n) is 15.5. The van der Waals surface area contributed by atoms with Gasteiger partial charge in [0.25, 0.3) is 0 Å². The Hall–Kier alpha value is -1.86. The quantitative estimate of drug-likeness (QED) is 0.547. The highest BCUT2D eigenvalue weighted by atomic mass is 32.1. The van der Waals surface area contributed by atoms with E-state index in [4.69, 9.17) is 14.1 Å². The molecular weight excluding hydrogens is 348 g/mol. The fourth-order valence-corrected chi connectivity index (χ4v) is 3.64. The van der Waals surface area contributed by atoms with Gasteiger partial charge in [-0.1, -0.05) is 6.92 Å². The molecule has 1 fully saturated rings. The highest BCUT2D eigenvalue weighted by Gasteiger charge is 2.16. The summed E-state index contributed by atoms with van der Waals surface area (Å²) in [5, 5.41) is 8.02. The van der Waals surface area contributed by atoms with Gasteiger partial charge in [-0.2, -0.15) is 0 Å². The summed E-state index contributed by atoms with van der Waals surface area (Å²) in [7, 11) is 0. The van der Waals surface area contributed by atoms with Crippen molar-refractivity contribution in [3.8, 4) is 0 Å². The lowest BCUT2D eigenvalue weighted by atomic mass is 10.1. The van der Waals surface area contributed by atoms with Crippen LogP contribution in [-0.2, 0) is 11.2 Å². The molecule has 2 aromatic rings. The summed E-state index contributed by atoms with van der Waals surface area (Å²) < 4.78 is 10.8. The smallest absolute Gasteiger partial charge is 0.191 e. The Kier molecular flexibility index (Phi) is 7.08. The summed E-state index contributed by atoms with van der Waals surface area (Å²) in [6.45, 7) is 8.34. The molecule has 0 amide bonds. The minimum absolute atomic E-state index is 0.312. The Bertz CT molecular complexity index is 678. The van der Waals surface area contributed by atoms with Crippen molar-refractivity contribution in [2.75, 3.05) is 32.8 Å². The lowest BCUT2D eigenvalue weighted by Gasteiger charge is -2.15. The minimum Gasteiger partial charge on any atom is -0.469 e. The molecule has 0 saturated carbocycles. The van der Waals surface area contributed by atoms with Crippen molar-refractivity contribution < 1.29 is 9.15 Å². The molecular formula is C19H28N4O2S. The molecule has 0 aliphatic carbocycles. The average molecular weight is 377 g/mol. The number of rotatable bonds is 8. The van der Waals surface area contributed by atoms with E-state index in [1.807, 2.05) is 18.3 Å². The summed E-state index contributed by atoms with van der Waals surface area (Å²) in [5.41, 5.74) is 0. The normalized spacial score (nSPS) is 18.8. The van der Waals surface area contributed by atoms with Crippen molar-refractivity contribution in [1.29, 1.82) is 0 Å². The summed E-state index contributed by atoms with van der Waals surface area (Å²) in [6, 6.07) is 3.91. The summed E-state index contributed by atoms with van der Waals surface area (Å²) >= 11 is 1.75. The predicted octanol–water partition coefficient (Wildman–Crippen LogP) is 2.96. The van der Waals surface area contributed by atoms with Gasteiger partial charge >= 0.3 is 0 Å². The van der Waals surface area contributed by atoms with Gasteiger partial charge in [0, 0.05) is 49.0 Å². The Balaban J connectivity index is 1.52. The molecule has 1 aliphatic rings. The first-order valence-corrected chi connectivity index (χ1v) is 10.1. The molecule has 2 aromatic heterocycles. The maximum atomic E-state index is 5.46. The van der Waals surface area contributed by atoms with Gasteiger partial charge in [0.05, 0.1) is 24.4 Å². The second-order valence-electron chi connectivity index (χ2n) is 6.77. The van der Waals surface area contributed by atoms with Crippen LogP contribution in [0.5, 0.6) is 0 Å². The number of hydrogen-bond acceptors (Lipinski definition) is 5. The van der Waals surface area contributed by atoms with Crippen LogP contribution in [0.15, 0.2) is 34.0 Å². The minimum atomic E-state index is 0.312. The van der Waals surface area contributed by atoms with Gasteiger partial charge in [-0.15, -0.1) is 11.3 Å². The Morgan fingerprint density at radius 1 is 1.46 bits per heavy atom. The molecule has 3 heterocycles. The van der Waals surface area contributed by atoms with E-state index in [0.717, 1.165) is 55.9 Å².